The monoisotopic (exact) mass is 295 g/mol. The van der Waals surface area contributed by atoms with Crippen LogP contribution < -0.4 is 10.6 Å². The van der Waals surface area contributed by atoms with Crippen molar-refractivity contribution in [2.75, 3.05) is 17.7 Å². The molecule has 22 heavy (non-hydrogen) atoms. The average molecular weight is 295 g/mol. The summed E-state index contributed by atoms with van der Waals surface area (Å²) in [6.07, 6.45) is 4.13. The first-order valence-corrected chi connectivity index (χ1v) is 7.43. The molecule has 4 rings (SSSR count). The summed E-state index contributed by atoms with van der Waals surface area (Å²) in [5.41, 5.74) is 2.65. The van der Waals surface area contributed by atoms with Crippen molar-refractivity contribution in [2.45, 2.75) is 25.3 Å². The predicted molar refractivity (Wildman–Crippen MR) is 83.9 cm³/mol. The maximum absolute atomic E-state index is 4.56. The standard InChI is InChI=1S/C15H17N7/c1-16-13-8-12(18-9-11-4-2-3-7-17-11)15-20-19-14(10-5-6-10)22(15)21-13/h2-4,7-8,10,18H,5-6,9H2,1H3,(H,16,21). The third-order valence-corrected chi connectivity index (χ3v) is 3.78. The molecular formula is C15H17N7. The van der Waals surface area contributed by atoms with Crippen LogP contribution in [0.3, 0.4) is 0 Å². The van der Waals surface area contributed by atoms with Crippen LogP contribution in [-0.4, -0.2) is 31.8 Å². The van der Waals surface area contributed by atoms with Gasteiger partial charge in [-0.15, -0.1) is 15.3 Å². The molecule has 0 saturated heterocycles. The zero-order chi connectivity index (χ0) is 14.9. The van der Waals surface area contributed by atoms with Crippen molar-refractivity contribution in [1.29, 1.82) is 0 Å². The molecule has 1 saturated carbocycles. The second-order valence-electron chi connectivity index (χ2n) is 5.44. The average Bonchev–Trinajstić information content (AvgIpc) is 3.32. The van der Waals surface area contributed by atoms with Gasteiger partial charge < -0.3 is 10.6 Å². The topological polar surface area (TPSA) is 80.0 Å². The molecule has 3 aromatic heterocycles. The molecule has 7 heteroatoms. The van der Waals surface area contributed by atoms with Crippen LogP contribution in [0.1, 0.15) is 30.3 Å². The zero-order valence-electron chi connectivity index (χ0n) is 12.3. The third kappa shape index (κ3) is 2.34. The van der Waals surface area contributed by atoms with Crippen molar-refractivity contribution < 1.29 is 0 Å². The zero-order valence-corrected chi connectivity index (χ0v) is 12.3. The molecule has 0 aliphatic heterocycles. The van der Waals surface area contributed by atoms with Crippen LogP contribution in [0.5, 0.6) is 0 Å². The molecule has 3 aromatic rings. The van der Waals surface area contributed by atoms with Crippen LogP contribution in [0.25, 0.3) is 5.65 Å². The SMILES string of the molecule is CNc1cc(NCc2ccccn2)c2nnc(C3CC3)n2n1. The molecular weight excluding hydrogens is 278 g/mol. The van der Waals surface area contributed by atoms with Gasteiger partial charge in [-0.1, -0.05) is 6.07 Å². The molecule has 0 bridgehead atoms. The minimum atomic E-state index is 0.498. The van der Waals surface area contributed by atoms with Crippen molar-refractivity contribution in [3.8, 4) is 0 Å². The van der Waals surface area contributed by atoms with E-state index in [1.165, 1.54) is 12.8 Å². The third-order valence-electron chi connectivity index (χ3n) is 3.78. The van der Waals surface area contributed by atoms with Crippen molar-refractivity contribution in [1.82, 2.24) is 24.8 Å². The highest BCUT2D eigenvalue weighted by Crippen LogP contribution is 2.39. The number of aromatic nitrogens is 5. The smallest absolute Gasteiger partial charge is 0.201 e. The summed E-state index contributed by atoms with van der Waals surface area (Å²) in [5, 5.41) is 19.7. The first-order chi connectivity index (χ1) is 10.8. The van der Waals surface area contributed by atoms with Gasteiger partial charge >= 0.3 is 0 Å². The van der Waals surface area contributed by atoms with Crippen LogP contribution in [0.15, 0.2) is 30.5 Å². The molecule has 0 radical (unpaired) electrons. The van der Waals surface area contributed by atoms with Crippen molar-refractivity contribution in [3.05, 3.63) is 42.0 Å². The highest BCUT2D eigenvalue weighted by Gasteiger charge is 2.30. The van der Waals surface area contributed by atoms with E-state index < -0.39 is 0 Å². The minimum absolute atomic E-state index is 0.498. The molecule has 0 unspecified atom stereocenters. The number of nitrogens with zero attached hydrogens (tertiary/aromatic N) is 5. The maximum atomic E-state index is 4.56. The van der Waals surface area contributed by atoms with Crippen LogP contribution in [0.4, 0.5) is 11.5 Å². The molecule has 0 atom stereocenters. The summed E-state index contributed by atoms with van der Waals surface area (Å²) >= 11 is 0. The lowest BCUT2D eigenvalue weighted by molar-refractivity contribution is 0.817. The summed E-state index contributed by atoms with van der Waals surface area (Å²) in [7, 11) is 1.86. The molecule has 3 heterocycles. The minimum Gasteiger partial charge on any atom is -0.376 e. The quantitative estimate of drug-likeness (QED) is 0.750. The first-order valence-electron chi connectivity index (χ1n) is 7.43. The summed E-state index contributed by atoms with van der Waals surface area (Å²) in [6.45, 7) is 0.634. The van der Waals surface area contributed by atoms with E-state index in [9.17, 15) is 0 Å². The molecule has 112 valence electrons. The van der Waals surface area contributed by atoms with Gasteiger partial charge in [-0.2, -0.15) is 4.52 Å². The molecule has 1 aliphatic rings. The van der Waals surface area contributed by atoms with Crippen LogP contribution in [0.2, 0.25) is 0 Å². The van der Waals surface area contributed by atoms with Crippen molar-refractivity contribution in [3.63, 3.8) is 0 Å². The van der Waals surface area contributed by atoms with E-state index in [0.29, 0.717) is 12.5 Å². The van der Waals surface area contributed by atoms with E-state index in [0.717, 1.165) is 28.7 Å². The lowest BCUT2D eigenvalue weighted by Crippen LogP contribution is -2.07. The lowest BCUT2D eigenvalue weighted by atomic mass is 10.3. The lowest BCUT2D eigenvalue weighted by Gasteiger charge is -2.09. The van der Waals surface area contributed by atoms with Gasteiger partial charge in [0.25, 0.3) is 0 Å². The fourth-order valence-corrected chi connectivity index (χ4v) is 2.43. The van der Waals surface area contributed by atoms with Crippen LogP contribution >= 0.6 is 0 Å². The second-order valence-corrected chi connectivity index (χ2v) is 5.44. The van der Waals surface area contributed by atoms with Crippen molar-refractivity contribution in [2.24, 2.45) is 0 Å². The first kappa shape index (κ1) is 13.0. The highest BCUT2D eigenvalue weighted by atomic mass is 15.4. The highest BCUT2D eigenvalue weighted by molar-refractivity contribution is 5.70. The van der Waals surface area contributed by atoms with E-state index in [-0.39, 0.29) is 0 Å². The molecule has 1 aliphatic carbocycles. The Hall–Kier alpha value is -2.70. The number of pyridine rings is 1. The Balaban J connectivity index is 1.69. The number of rotatable bonds is 5. The van der Waals surface area contributed by atoms with E-state index in [4.69, 9.17) is 0 Å². The maximum Gasteiger partial charge on any atom is 0.201 e. The molecule has 0 aromatic carbocycles. The molecule has 0 amide bonds. The van der Waals surface area contributed by atoms with Gasteiger partial charge in [0.1, 0.15) is 5.82 Å². The van der Waals surface area contributed by atoms with Crippen LogP contribution in [0, 0.1) is 0 Å². The van der Waals surface area contributed by atoms with E-state index in [2.05, 4.69) is 30.9 Å². The Morgan fingerprint density at radius 2 is 2.18 bits per heavy atom. The summed E-state index contributed by atoms with van der Waals surface area (Å²) in [5.74, 6) is 2.24. The van der Waals surface area contributed by atoms with Gasteiger partial charge in [0.2, 0.25) is 5.65 Å². The predicted octanol–water partition coefficient (Wildman–Crippen LogP) is 2.05. The normalized spacial score (nSPS) is 14.2. The van der Waals surface area contributed by atoms with E-state index in [1.54, 1.807) is 6.20 Å². The van der Waals surface area contributed by atoms with E-state index in [1.807, 2.05) is 35.8 Å². The van der Waals surface area contributed by atoms with Crippen molar-refractivity contribution >= 4 is 17.2 Å². The largest absolute Gasteiger partial charge is 0.376 e. The molecule has 1 fully saturated rings. The summed E-state index contributed by atoms with van der Waals surface area (Å²) in [4.78, 5) is 4.32. The molecule has 7 nitrogen and oxygen atoms in total. The number of hydrogen-bond acceptors (Lipinski definition) is 6. The number of fused-ring (bicyclic) bond motifs is 1. The van der Waals surface area contributed by atoms with Gasteiger partial charge in [0.05, 0.1) is 17.9 Å². The fraction of sp³-hybridized carbons (Fsp3) is 0.333. The Kier molecular flexibility index (Phi) is 3.10. The van der Waals surface area contributed by atoms with Gasteiger partial charge in [-0.05, 0) is 25.0 Å². The molecule has 0 spiro atoms. The Bertz CT molecular complexity index is 792. The second kappa shape index (κ2) is 5.25. The Labute approximate surface area is 127 Å². The summed E-state index contributed by atoms with van der Waals surface area (Å²) in [6, 6.07) is 7.83. The van der Waals surface area contributed by atoms with Crippen LogP contribution in [-0.2, 0) is 6.54 Å². The number of anilines is 2. The number of hydrogen-bond donors (Lipinski definition) is 2. The fourth-order valence-electron chi connectivity index (χ4n) is 2.43. The Morgan fingerprint density at radius 1 is 1.27 bits per heavy atom. The number of nitrogens with one attached hydrogen (secondary N) is 2. The van der Waals surface area contributed by atoms with Gasteiger partial charge in [0, 0.05) is 25.2 Å². The Morgan fingerprint density at radius 3 is 2.91 bits per heavy atom. The summed E-state index contributed by atoms with van der Waals surface area (Å²) < 4.78 is 1.85. The van der Waals surface area contributed by atoms with Gasteiger partial charge in [-0.25, -0.2) is 0 Å². The molecule has 2 N–H and O–H groups in total. The van der Waals surface area contributed by atoms with Gasteiger partial charge in [-0.3, -0.25) is 4.98 Å². The van der Waals surface area contributed by atoms with E-state index >= 15 is 0 Å². The van der Waals surface area contributed by atoms with Gasteiger partial charge in [0.15, 0.2) is 5.82 Å².